The number of carbonyl (C=O) groups is 1. The van der Waals surface area contributed by atoms with Crippen LogP contribution in [0.5, 0.6) is 5.75 Å². The molecule has 0 aromatic heterocycles. The average Bonchev–Trinajstić information content (AvgIpc) is 2.61. The number of amides is 1. The van der Waals surface area contributed by atoms with Crippen LogP contribution in [0.15, 0.2) is 24.3 Å². The molecule has 1 saturated heterocycles. The van der Waals surface area contributed by atoms with Gasteiger partial charge in [0.25, 0.3) is 0 Å². The number of nitrogens with zero attached hydrogens (tertiary/aromatic N) is 1. The molecule has 0 radical (unpaired) electrons. The molecule has 124 valence electrons. The number of ether oxygens (including phenoxy) is 2. The Kier molecular flexibility index (Phi) is 7.25. The van der Waals surface area contributed by atoms with Gasteiger partial charge < -0.3 is 14.4 Å². The fourth-order valence-electron chi connectivity index (χ4n) is 2.58. The van der Waals surface area contributed by atoms with Crippen molar-refractivity contribution in [1.82, 2.24) is 4.90 Å². The summed E-state index contributed by atoms with van der Waals surface area (Å²) in [5.74, 6) is 3.25. The number of benzene rings is 1. The number of alkyl halides is 1. The molecule has 1 heterocycles. The van der Waals surface area contributed by atoms with Crippen LogP contribution in [-0.4, -0.2) is 42.5 Å². The smallest absolute Gasteiger partial charge is 0.238 e. The first-order valence-electron chi connectivity index (χ1n) is 7.83. The first kappa shape index (κ1) is 17.7. The minimum absolute atomic E-state index is 0.0101. The maximum absolute atomic E-state index is 12.2. The highest BCUT2D eigenvalue weighted by atomic mass is 35.5. The molecule has 1 aromatic carbocycles. The fraction of sp³-hybridized carbons (Fsp3) is 0.500. The second-order valence-corrected chi connectivity index (χ2v) is 5.74. The third-order valence-electron chi connectivity index (χ3n) is 3.80. The van der Waals surface area contributed by atoms with Gasteiger partial charge in [0.05, 0.1) is 19.3 Å². The summed E-state index contributed by atoms with van der Waals surface area (Å²) in [5, 5.41) is 0. The second kappa shape index (κ2) is 9.44. The van der Waals surface area contributed by atoms with E-state index in [0.29, 0.717) is 26.2 Å². The normalized spacial score (nSPS) is 17.3. The lowest BCUT2D eigenvalue weighted by Gasteiger charge is -2.34. The van der Waals surface area contributed by atoms with E-state index in [1.807, 2.05) is 29.2 Å². The number of halogens is 1. The summed E-state index contributed by atoms with van der Waals surface area (Å²) in [6.07, 6.45) is 7.71. The predicted molar refractivity (Wildman–Crippen MR) is 90.5 cm³/mol. The van der Waals surface area contributed by atoms with Crippen molar-refractivity contribution in [1.29, 1.82) is 0 Å². The number of rotatable bonds is 7. The van der Waals surface area contributed by atoms with Crippen LogP contribution in [0, 0.1) is 12.3 Å². The third-order valence-corrected chi connectivity index (χ3v) is 4.03. The van der Waals surface area contributed by atoms with Crippen molar-refractivity contribution in [2.24, 2.45) is 0 Å². The Labute approximate surface area is 142 Å². The van der Waals surface area contributed by atoms with Gasteiger partial charge in [-0.25, -0.2) is 0 Å². The van der Waals surface area contributed by atoms with Gasteiger partial charge in [-0.3, -0.25) is 4.79 Å². The largest absolute Gasteiger partial charge is 0.493 e. The minimum Gasteiger partial charge on any atom is -0.493 e. The molecular formula is C18H22ClNO3. The zero-order valence-corrected chi connectivity index (χ0v) is 13.9. The minimum atomic E-state index is -0.0588. The Morgan fingerprint density at radius 2 is 2.22 bits per heavy atom. The van der Waals surface area contributed by atoms with E-state index >= 15 is 0 Å². The monoisotopic (exact) mass is 335 g/mol. The van der Waals surface area contributed by atoms with Gasteiger partial charge in [0.2, 0.25) is 5.91 Å². The molecular weight excluding hydrogens is 314 g/mol. The number of hydrogen-bond acceptors (Lipinski definition) is 3. The quantitative estimate of drug-likeness (QED) is 0.437. The van der Waals surface area contributed by atoms with Crippen molar-refractivity contribution in [3.05, 3.63) is 29.8 Å². The molecule has 1 aliphatic heterocycles. The van der Waals surface area contributed by atoms with Crippen LogP contribution in [0.4, 0.5) is 0 Å². The van der Waals surface area contributed by atoms with Crippen molar-refractivity contribution in [3.8, 4) is 18.1 Å². The summed E-state index contributed by atoms with van der Waals surface area (Å²) in [5.41, 5.74) is 1.04. The summed E-state index contributed by atoms with van der Waals surface area (Å²) < 4.78 is 11.0. The molecule has 4 nitrogen and oxygen atoms in total. The van der Waals surface area contributed by atoms with Crippen molar-refractivity contribution in [3.63, 3.8) is 0 Å². The lowest BCUT2D eigenvalue weighted by Crippen LogP contribution is -2.45. The van der Waals surface area contributed by atoms with Gasteiger partial charge in [-0.2, -0.15) is 0 Å². The molecule has 1 aromatic rings. The van der Waals surface area contributed by atoms with Gasteiger partial charge >= 0.3 is 0 Å². The van der Waals surface area contributed by atoms with Crippen molar-refractivity contribution >= 4 is 17.5 Å². The summed E-state index contributed by atoms with van der Waals surface area (Å²) in [4.78, 5) is 14.0. The first-order chi connectivity index (χ1) is 11.2. The summed E-state index contributed by atoms with van der Waals surface area (Å²) in [7, 11) is 0. The molecule has 1 fully saturated rings. The van der Waals surface area contributed by atoms with Crippen LogP contribution in [0.2, 0.25) is 0 Å². The molecule has 0 N–H and O–H groups in total. The van der Waals surface area contributed by atoms with Crippen LogP contribution in [0.3, 0.4) is 0 Å². The first-order valence-corrected chi connectivity index (χ1v) is 8.36. The Morgan fingerprint density at radius 3 is 2.83 bits per heavy atom. The van der Waals surface area contributed by atoms with Crippen LogP contribution >= 0.6 is 11.6 Å². The Balaban J connectivity index is 1.98. The molecule has 0 bridgehead atoms. The zero-order valence-electron chi connectivity index (χ0n) is 13.2. The van der Waals surface area contributed by atoms with E-state index in [2.05, 4.69) is 5.92 Å². The second-order valence-electron chi connectivity index (χ2n) is 5.47. The Bertz CT molecular complexity index is 532. The Morgan fingerprint density at radius 1 is 1.43 bits per heavy atom. The van der Waals surface area contributed by atoms with E-state index in [-0.39, 0.29) is 17.8 Å². The highest BCUT2D eigenvalue weighted by Gasteiger charge is 2.25. The van der Waals surface area contributed by atoms with Gasteiger partial charge in [0, 0.05) is 19.6 Å². The van der Waals surface area contributed by atoms with Gasteiger partial charge in [-0.1, -0.05) is 12.1 Å². The van der Waals surface area contributed by atoms with Crippen LogP contribution in [0.1, 0.15) is 24.8 Å². The molecule has 5 heteroatoms. The molecule has 23 heavy (non-hydrogen) atoms. The van der Waals surface area contributed by atoms with Crippen LogP contribution < -0.4 is 4.74 Å². The summed E-state index contributed by atoms with van der Waals surface area (Å²) in [6, 6.07) is 7.81. The Hall–Kier alpha value is -1.70. The number of hydrogen-bond donors (Lipinski definition) is 0. The van der Waals surface area contributed by atoms with E-state index in [1.54, 1.807) is 0 Å². The molecule has 1 aliphatic rings. The number of carbonyl (C=O) groups excluding carboxylic acids is 1. The summed E-state index contributed by atoms with van der Waals surface area (Å²) >= 11 is 5.76. The summed E-state index contributed by atoms with van der Waals surface area (Å²) in [6.45, 7) is 2.38. The van der Waals surface area contributed by atoms with Gasteiger partial charge in [0.1, 0.15) is 11.6 Å². The van der Waals surface area contributed by atoms with Gasteiger partial charge in [0.15, 0.2) is 0 Å². The van der Waals surface area contributed by atoms with E-state index in [4.69, 9.17) is 27.5 Å². The lowest BCUT2D eigenvalue weighted by atomic mass is 10.1. The highest BCUT2D eigenvalue weighted by Crippen LogP contribution is 2.19. The zero-order chi connectivity index (χ0) is 16.5. The standard InChI is InChI=1S/C18H22ClNO3/c1-2-3-11-23-17-8-6-15(7-9-17)13-20(18(21)12-19)16-5-4-10-22-14-16/h1,6-9,16H,3-5,10-14H2/t16-/m0/s1. The number of terminal acetylenes is 1. The lowest BCUT2D eigenvalue weighted by molar-refractivity contribution is -0.134. The van der Waals surface area contributed by atoms with E-state index in [0.717, 1.165) is 30.8 Å². The van der Waals surface area contributed by atoms with E-state index in [1.165, 1.54) is 0 Å². The molecule has 0 spiro atoms. The maximum Gasteiger partial charge on any atom is 0.238 e. The average molecular weight is 336 g/mol. The molecule has 1 atom stereocenters. The van der Waals surface area contributed by atoms with E-state index in [9.17, 15) is 4.79 Å². The molecule has 0 unspecified atom stereocenters. The molecule has 1 amide bonds. The van der Waals surface area contributed by atoms with Crippen molar-refractivity contribution in [2.75, 3.05) is 25.7 Å². The van der Waals surface area contributed by atoms with Crippen molar-refractivity contribution < 1.29 is 14.3 Å². The highest BCUT2D eigenvalue weighted by molar-refractivity contribution is 6.27. The van der Waals surface area contributed by atoms with Crippen LogP contribution in [-0.2, 0) is 16.1 Å². The fourth-order valence-corrected chi connectivity index (χ4v) is 2.74. The van der Waals surface area contributed by atoms with Crippen LogP contribution in [0.25, 0.3) is 0 Å². The van der Waals surface area contributed by atoms with Gasteiger partial charge in [-0.05, 0) is 30.5 Å². The molecule has 0 aliphatic carbocycles. The third kappa shape index (κ3) is 5.46. The van der Waals surface area contributed by atoms with Crippen molar-refractivity contribution in [2.45, 2.75) is 31.8 Å². The predicted octanol–water partition coefficient (Wildman–Crippen LogP) is 2.84. The molecule has 2 rings (SSSR count). The van der Waals surface area contributed by atoms with Gasteiger partial charge in [-0.15, -0.1) is 23.9 Å². The topological polar surface area (TPSA) is 38.8 Å². The van der Waals surface area contributed by atoms with E-state index < -0.39 is 0 Å². The maximum atomic E-state index is 12.2. The molecule has 0 saturated carbocycles. The SMILES string of the molecule is C#CCCOc1ccc(CN(C(=O)CCl)[C@H]2CCCOC2)cc1.